The number of rotatable bonds is 8. The van der Waals surface area contributed by atoms with E-state index in [9.17, 15) is 23.3 Å². The average Bonchev–Trinajstić information content (AvgIpc) is 2.74. The van der Waals surface area contributed by atoms with Gasteiger partial charge in [0, 0.05) is 22.8 Å². The molecule has 0 saturated carbocycles. The van der Waals surface area contributed by atoms with Gasteiger partial charge < -0.3 is 14.8 Å². The predicted octanol–water partition coefficient (Wildman–Crippen LogP) is 7.49. The van der Waals surface area contributed by atoms with Crippen molar-refractivity contribution in [3.8, 4) is 17.2 Å². The van der Waals surface area contributed by atoms with Gasteiger partial charge in [-0.05, 0) is 67.4 Å². The van der Waals surface area contributed by atoms with E-state index >= 15 is 0 Å². The summed E-state index contributed by atoms with van der Waals surface area (Å²) < 4.78 is 51.0. The minimum Gasteiger partial charge on any atom is -0.490 e. The first-order valence-electron chi connectivity index (χ1n) is 9.87. The SMILES string of the molecule is CCOc1cc(CNc2ccc(Br)cc2C)ccc1Oc1ccc(C(F)(F)F)cc1[N+](=O)[O-]. The van der Waals surface area contributed by atoms with Crippen LogP contribution >= 0.6 is 15.9 Å². The van der Waals surface area contributed by atoms with E-state index in [-0.39, 0.29) is 11.5 Å². The monoisotopic (exact) mass is 524 g/mol. The first-order chi connectivity index (χ1) is 15.6. The average molecular weight is 525 g/mol. The molecule has 0 aliphatic carbocycles. The van der Waals surface area contributed by atoms with Crippen molar-refractivity contribution in [1.29, 1.82) is 0 Å². The van der Waals surface area contributed by atoms with Crippen molar-refractivity contribution < 1.29 is 27.6 Å². The van der Waals surface area contributed by atoms with Crippen LogP contribution in [0.5, 0.6) is 17.2 Å². The third kappa shape index (κ3) is 6.16. The van der Waals surface area contributed by atoms with Crippen LogP contribution in [0.2, 0.25) is 0 Å². The summed E-state index contributed by atoms with van der Waals surface area (Å²) >= 11 is 3.43. The number of halogens is 4. The van der Waals surface area contributed by atoms with Crippen LogP contribution in [-0.2, 0) is 12.7 Å². The zero-order valence-electron chi connectivity index (χ0n) is 17.7. The molecule has 33 heavy (non-hydrogen) atoms. The summed E-state index contributed by atoms with van der Waals surface area (Å²) in [7, 11) is 0. The Bertz CT molecular complexity index is 1170. The summed E-state index contributed by atoms with van der Waals surface area (Å²) in [6.07, 6.45) is -4.71. The van der Waals surface area contributed by atoms with E-state index in [1.807, 2.05) is 25.1 Å². The Kier molecular flexibility index (Phi) is 7.47. The van der Waals surface area contributed by atoms with Gasteiger partial charge in [-0.25, -0.2) is 0 Å². The molecule has 3 aromatic carbocycles. The molecule has 0 aromatic heterocycles. The third-order valence-corrected chi connectivity index (χ3v) is 5.18. The van der Waals surface area contributed by atoms with Gasteiger partial charge in [0.05, 0.1) is 17.1 Å². The highest BCUT2D eigenvalue weighted by molar-refractivity contribution is 9.10. The molecular weight excluding hydrogens is 505 g/mol. The number of nitro groups is 1. The predicted molar refractivity (Wildman–Crippen MR) is 122 cm³/mol. The summed E-state index contributed by atoms with van der Waals surface area (Å²) in [5.41, 5.74) is 0.954. The van der Waals surface area contributed by atoms with Crippen LogP contribution in [0.1, 0.15) is 23.6 Å². The van der Waals surface area contributed by atoms with Gasteiger partial charge in [0.1, 0.15) is 0 Å². The van der Waals surface area contributed by atoms with Crippen molar-refractivity contribution in [3.05, 3.63) is 85.9 Å². The van der Waals surface area contributed by atoms with Gasteiger partial charge in [-0.2, -0.15) is 13.2 Å². The molecule has 0 spiro atoms. The zero-order chi connectivity index (χ0) is 24.2. The molecule has 0 unspecified atom stereocenters. The van der Waals surface area contributed by atoms with Gasteiger partial charge in [-0.15, -0.1) is 0 Å². The molecule has 0 saturated heterocycles. The van der Waals surface area contributed by atoms with E-state index in [2.05, 4.69) is 21.2 Å². The number of aryl methyl sites for hydroxylation is 1. The molecule has 0 amide bonds. The molecule has 0 aliphatic rings. The summed E-state index contributed by atoms with van der Waals surface area (Å²) in [5, 5.41) is 14.7. The van der Waals surface area contributed by atoms with E-state index in [1.165, 1.54) is 0 Å². The molecule has 1 N–H and O–H groups in total. The van der Waals surface area contributed by atoms with Crippen molar-refractivity contribution >= 4 is 27.3 Å². The van der Waals surface area contributed by atoms with Gasteiger partial charge >= 0.3 is 11.9 Å². The second-order valence-corrected chi connectivity index (χ2v) is 7.98. The van der Waals surface area contributed by atoms with E-state index in [4.69, 9.17) is 9.47 Å². The van der Waals surface area contributed by atoms with E-state index in [1.54, 1.807) is 25.1 Å². The second-order valence-electron chi connectivity index (χ2n) is 7.07. The van der Waals surface area contributed by atoms with Crippen LogP contribution in [0.4, 0.5) is 24.5 Å². The fourth-order valence-corrected chi connectivity index (χ4v) is 3.55. The van der Waals surface area contributed by atoms with E-state index in [0.717, 1.165) is 33.4 Å². The van der Waals surface area contributed by atoms with Crippen LogP contribution in [0.25, 0.3) is 0 Å². The van der Waals surface area contributed by atoms with Crippen LogP contribution in [0, 0.1) is 17.0 Å². The normalized spacial score (nSPS) is 11.2. The molecular formula is C23H20BrF3N2O4. The van der Waals surface area contributed by atoms with Crippen molar-refractivity contribution in [2.24, 2.45) is 0 Å². The highest BCUT2D eigenvalue weighted by atomic mass is 79.9. The number of hydrogen-bond acceptors (Lipinski definition) is 5. The summed E-state index contributed by atoms with van der Waals surface area (Å²) in [6.45, 7) is 4.52. The smallest absolute Gasteiger partial charge is 0.416 e. The Hall–Kier alpha value is -3.27. The zero-order valence-corrected chi connectivity index (χ0v) is 19.3. The lowest BCUT2D eigenvalue weighted by Gasteiger charge is -2.15. The fraction of sp³-hybridized carbons (Fsp3) is 0.217. The lowest BCUT2D eigenvalue weighted by molar-refractivity contribution is -0.385. The number of benzene rings is 3. The fourth-order valence-electron chi connectivity index (χ4n) is 3.08. The Morgan fingerprint density at radius 1 is 1.03 bits per heavy atom. The second kappa shape index (κ2) is 10.1. The highest BCUT2D eigenvalue weighted by Gasteiger charge is 2.33. The summed E-state index contributed by atoms with van der Waals surface area (Å²) in [6, 6.07) is 13.0. The molecule has 3 rings (SSSR count). The summed E-state index contributed by atoms with van der Waals surface area (Å²) in [4.78, 5) is 10.4. The van der Waals surface area contributed by atoms with Gasteiger partial charge in [0.25, 0.3) is 0 Å². The standard InChI is InChI=1S/C23H20BrF3N2O4/c1-3-32-22-11-15(13-28-18-7-6-17(24)10-14(18)2)4-8-21(22)33-20-9-5-16(23(25,26)27)12-19(20)29(30)31/h4-12,28H,3,13H2,1-2H3. The van der Waals surface area contributed by atoms with Gasteiger partial charge in [0.15, 0.2) is 11.5 Å². The van der Waals surface area contributed by atoms with Gasteiger partial charge in [-0.3, -0.25) is 10.1 Å². The largest absolute Gasteiger partial charge is 0.490 e. The Morgan fingerprint density at radius 3 is 2.39 bits per heavy atom. The molecule has 0 atom stereocenters. The van der Waals surface area contributed by atoms with E-state index < -0.39 is 22.4 Å². The lowest BCUT2D eigenvalue weighted by Crippen LogP contribution is -2.06. The number of nitro benzene ring substituents is 1. The Balaban J connectivity index is 1.86. The molecule has 10 heteroatoms. The highest BCUT2D eigenvalue weighted by Crippen LogP contribution is 2.40. The first-order valence-corrected chi connectivity index (χ1v) is 10.7. The number of anilines is 1. The molecule has 6 nitrogen and oxygen atoms in total. The van der Waals surface area contributed by atoms with Crippen LogP contribution in [0.15, 0.2) is 59.1 Å². The molecule has 174 valence electrons. The maximum atomic E-state index is 12.9. The number of nitrogens with zero attached hydrogens (tertiary/aromatic N) is 1. The number of ether oxygens (including phenoxy) is 2. The molecule has 0 heterocycles. The quantitative estimate of drug-likeness (QED) is 0.244. The Morgan fingerprint density at radius 2 is 1.76 bits per heavy atom. The first kappa shape index (κ1) is 24.4. The van der Waals surface area contributed by atoms with Crippen molar-refractivity contribution in [2.75, 3.05) is 11.9 Å². The van der Waals surface area contributed by atoms with E-state index in [0.29, 0.717) is 25.0 Å². The van der Waals surface area contributed by atoms with Crippen LogP contribution in [0.3, 0.4) is 0 Å². The maximum absolute atomic E-state index is 12.9. The maximum Gasteiger partial charge on any atom is 0.416 e. The van der Waals surface area contributed by atoms with Crippen molar-refractivity contribution in [3.63, 3.8) is 0 Å². The van der Waals surface area contributed by atoms with Gasteiger partial charge in [0.2, 0.25) is 5.75 Å². The lowest BCUT2D eigenvalue weighted by atomic mass is 10.1. The molecule has 0 fully saturated rings. The minimum atomic E-state index is -4.71. The summed E-state index contributed by atoms with van der Waals surface area (Å²) in [5.74, 6) is 0.159. The molecule has 0 aliphatic heterocycles. The number of hydrogen-bond donors (Lipinski definition) is 1. The van der Waals surface area contributed by atoms with Crippen LogP contribution in [-0.4, -0.2) is 11.5 Å². The third-order valence-electron chi connectivity index (χ3n) is 4.68. The molecule has 0 radical (unpaired) electrons. The number of alkyl halides is 3. The van der Waals surface area contributed by atoms with Crippen LogP contribution < -0.4 is 14.8 Å². The molecule has 3 aromatic rings. The topological polar surface area (TPSA) is 73.6 Å². The van der Waals surface area contributed by atoms with Gasteiger partial charge in [-0.1, -0.05) is 22.0 Å². The van der Waals surface area contributed by atoms with Crippen molar-refractivity contribution in [1.82, 2.24) is 0 Å². The number of nitrogens with one attached hydrogen (secondary N) is 1. The minimum absolute atomic E-state index is 0.156. The van der Waals surface area contributed by atoms with Crippen molar-refractivity contribution in [2.45, 2.75) is 26.6 Å². The Labute approximate surface area is 196 Å². The molecule has 0 bridgehead atoms.